The van der Waals surface area contributed by atoms with Gasteiger partial charge < -0.3 is 4.90 Å². The van der Waals surface area contributed by atoms with Gasteiger partial charge in [0.15, 0.2) is 0 Å². The van der Waals surface area contributed by atoms with Crippen LogP contribution < -0.4 is 0 Å². The molecule has 1 heterocycles. The fraction of sp³-hybridized carbons (Fsp3) is 1.00. The van der Waals surface area contributed by atoms with Gasteiger partial charge in [0.05, 0.1) is 0 Å². The van der Waals surface area contributed by atoms with Crippen molar-refractivity contribution in [2.24, 2.45) is 5.92 Å². The number of alkyl halides is 1. The van der Waals surface area contributed by atoms with E-state index in [1.807, 2.05) is 0 Å². The van der Waals surface area contributed by atoms with Crippen molar-refractivity contribution in [1.82, 2.24) is 4.90 Å². The summed E-state index contributed by atoms with van der Waals surface area (Å²) in [4.78, 5) is 2.25. The van der Waals surface area contributed by atoms with Crippen LogP contribution in [0.5, 0.6) is 0 Å². The van der Waals surface area contributed by atoms with Gasteiger partial charge in [-0.3, -0.25) is 0 Å². The van der Waals surface area contributed by atoms with Crippen LogP contribution in [0.3, 0.4) is 0 Å². The molecule has 0 saturated carbocycles. The highest BCUT2D eigenvalue weighted by Crippen LogP contribution is 2.18. The lowest BCUT2D eigenvalue weighted by atomic mass is 9.96. The zero-order valence-corrected chi connectivity index (χ0v) is 7.35. The molecule has 0 aromatic rings. The highest BCUT2D eigenvalue weighted by Gasteiger charge is 2.17. The summed E-state index contributed by atoms with van der Waals surface area (Å²) in [5, 5.41) is 0. The maximum absolute atomic E-state index is 12.0. The van der Waals surface area contributed by atoms with Gasteiger partial charge in [-0.1, -0.05) is 13.3 Å². The summed E-state index contributed by atoms with van der Waals surface area (Å²) in [6, 6.07) is 0. The Morgan fingerprint density at radius 1 is 1.55 bits per heavy atom. The Kier molecular flexibility index (Phi) is 3.84. The van der Waals surface area contributed by atoms with Crippen LogP contribution in [0.25, 0.3) is 0 Å². The van der Waals surface area contributed by atoms with Gasteiger partial charge in [-0.2, -0.15) is 0 Å². The zero-order valence-electron chi connectivity index (χ0n) is 7.35. The highest BCUT2D eigenvalue weighted by molar-refractivity contribution is 4.71. The lowest BCUT2D eigenvalue weighted by Crippen LogP contribution is -2.36. The topological polar surface area (TPSA) is 3.24 Å². The first-order valence-electron chi connectivity index (χ1n) is 4.65. The van der Waals surface area contributed by atoms with Gasteiger partial charge in [-0.15, -0.1) is 0 Å². The summed E-state index contributed by atoms with van der Waals surface area (Å²) >= 11 is 0. The molecule has 1 fully saturated rings. The van der Waals surface area contributed by atoms with Crippen LogP contribution in [0.2, 0.25) is 0 Å². The Balaban J connectivity index is 2.21. The van der Waals surface area contributed by atoms with Crippen molar-refractivity contribution >= 4 is 0 Å². The quantitative estimate of drug-likeness (QED) is 0.609. The molecule has 0 radical (unpaired) electrons. The van der Waals surface area contributed by atoms with Crippen LogP contribution >= 0.6 is 0 Å². The van der Waals surface area contributed by atoms with E-state index in [1.165, 1.54) is 19.3 Å². The average Bonchev–Trinajstić information content (AvgIpc) is 2.06. The summed E-state index contributed by atoms with van der Waals surface area (Å²) < 4.78 is 12.0. The van der Waals surface area contributed by atoms with Crippen molar-refractivity contribution in [3.05, 3.63) is 0 Å². The molecule has 1 atom stereocenters. The standard InChI is InChI=1S/C9H18FN/c1-2-9-4-3-6-11(8-9)7-5-10/h9H,2-8H2,1H3. The summed E-state index contributed by atoms with van der Waals surface area (Å²) in [7, 11) is 0. The van der Waals surface area contributed by atoms with E-state index >= 15 is 0 Å². The van der Waals surface area contributed by atoms with Crippen LogP contribution in [0.1, 0.15) is 26.2 Å². The Bertz CT molecular complexity index is 104. The third-order valence-electron chi connectivity index (χ3n) is 2.58. The highest BCUT2D eigenvalue weighted by atomic mass is 19.1. The van der Waals surface area contributed by atoms with Crippen molar-refractivity contribution in [3.63, 3.8) is 0 Å². The monoisotopic (exact) mass is 159 g/mol. The molecular weight excluding hydrogens is 141 g/mol. The normalized spacial score (nSPS) is 27.3. The smallest absolute Gasteiger partial charge is 0.102 e. The van der Waals surface area contributed by atoms with Crippen molar-refractivity contribution in [1.29, 1.82) is 0 Å². The Hall–Kier alpha value is -0.110. The van der Waals surface area contributed by atoms with Crippen molar-refractivity contribution < 1.29 is 4.39 Å². The molecule has 1 aliphatic heterocycles. The first-order valence-corrected chi connectivity index (χ1v) is 4.65. The fourth-order valence-corrected chi connectivity index (χ4v) is 1.81. The molecule has 0 spiro atoms. The summed E-state index contributed by atoms with van der Waals surface area (Å²) in [6.45, 7) is 4.93. The molecule has 1 aliphatic rings. The average molecular weight is 159 g/mol. The number of likely N-dealkylation sites (tertiary alicyclic amines) is 1. The van der Waals surface area contributed by atoms with Gasteiger partial charge in [0.25, 0.3) is 0 Å². The molecule has 0 amide bonds. The molecule has 0 aliphatic carbocycles. The molecule has 1 saturated heterocycles. The molecule has 2 heteroatoms. The largest absolute Gasteiger partial charge is 0.300 e. The summed E-state index contributed by atoms with van der Waals surface area (Å²) in [5.41, 5.74) is 0. The van der Waals surface area contributed by atoms with Gasteiger partial charge >= 0.3 is 0 Å². The van der Waals surface area contributed by atoms with E-state index in [2.05, 4.69) is 11.8 Å². The van der Waals surface area contributed by atoms with Crippen molar-refractivity contribution in [3.8, 4) is 0 Å². The first kappa shape index (κ1) is 8.98. The summed E-state index contributed by atoms with van der Waals surface area (Å²) in [6.07, 6.45) is 3.86. The van der Waals surface area contributed by atoms with Crippen molar-refractivity contribution in [2.45, 2.75) is 26.2 Å². The Morgan fingerprint density at radius 3 is 3.00 bits per heavy atom. The molecule has 11 heavy (non-hydrogen) atoms. The molecule has 1 rings (SSSR count). The van der Waals surface area contributed by atoms with E-state index in [1.54, 1.807) is 0 Å². The first-order chi connectivity index (χ1) is 5.36. The zero-order chi connectivity index (χ0) is 8.10. The van der Waals surface area contributed by atoms with Gasteiger partial charge in [-0.05, 0) is 25.3 Å². The van der Waals surface area contributed by atoms with Crippen LogP contribution in [0.4, 0.5) is 4.39 Å². The van der Waals surface area contributed by atoms with Crippen molar-refractivity contribution in [2.75, 3.05) is 26.3 Å². The molecular formula is C9H18FN. The second-order valence-electron chi connectivity index (χ2n) is 3.41. The lowest BCUT2D eigenvalue weighted by Gasteiger charge is -2.31. The molecule has 0 aromatic carbocycles. The second-order valence-corrected chi connectivity index (χ2v) is 3.41. The number of piperidine rings is 1. The van der Waals surface area contributed by atoms with E-state index in [-0.39, 0.29) is 6.67 Å². The predicted molar refractivity (Wildman–Crippen MR) is 45.4 cm³/mol. The van der Waals surface area contributed by atoms with Gasteiger partial charge in [-0.25, -0.2) is 4.39 Å². The molecule has 1 nitrogen and oxygen atoms in total. The maximum Gasteiger partial charge on any atom is 0.102 e. The van der Waals surface area contributed by atoms with Crippen LogP contribution in [-0.4, -0.2) is 31.2 Å². The van der Waals surface area contributed by atoms with E-state index in [0.29, 0.717) is 6.54 Å². The van der Waals surface area contributed by atoms with Gasteiger partial charge in [0.2, 0.25) is 0 Å². The van der Waals surface area contributed by atoms with E-state index in [0.717, 1.165) is 19.0 Å². The molecule has 66 valence electrons. The van der Waals surface area contributed by atoms with Crippen LogP contribution in [0, 0.1) is 5.92 Å². The molecule has 0 N–H and O–H groups in total. The SMILES string of the molecule is CCC1CCCN(CCF)C1. The van der Waals surface area contributed by atoms with Gasteiger partial charge in [0.1, 0.15) is 6.67 Å². The summed E-state index contributed by atoms with van der Waals surface area (Å²) in [5.74, 6) is 0.829. The third kappa shape index (κ3) is 2.78. The number of nitrogens with zero attached hydrogens (tertiary/aromatic N) is 1. The number of halogens is 1. The Labute approximate surface area is 68.6 Å². The van der Waals surface area contributed by atoms with Crippen LogP contribution in [-0.2, 0) is 0 Å². The van der Waals surface area contributed by atoms with Gasteiger partial charge in [0, 0.05) is 13.1 Å². The Morgan fingerprint density at radius 2 is 2.36 bits per heavy atom. The molecule has 0 aromatic heterocycles. The predicted octanol–water partition coefficient (Wildman–Crippen LogP) is 2.08. The number of hydrogen-bond donors (Lipinski definition) is 0. The molecule has 0 bridgehead atoms. The fourth-order valence-electron chi connectivity index (χ4n) is 1.81. The van der Waals surface area contributed by atoms with E-state index in [9.17, 15) is 4.39 Å². The van der Waals surface area contributed by atoms with E-state index in [4.69, 9.17) is 0 Å². The number of hydrogen-bond acceptors (Lipinski definition) is 1. The molecule has 1 unspecified atom stereocenters. The minimum atomic E-state index is -0.184. The second kappa shape index (κ2) is 4.70. The van der Waals surface area contributed by atoms with Crippen LogP contribution in [0.15, 0.2) is 0 Å². The third-order valence-corrected chi connectivity index (χ3v) is 2.58. The number of rotatable bonds is 3. The maximum atomic E-state index is 12.0. The van der Waals surface area contributed by atoms with E-state index < -0.39 is 0 Å². The lowest BCUT2D eigenvalue weighted by molar-refractivity contribution is 0.161. The minimum Gasteiger partial charge on any atom is -0.300 e. The minimum absolute atomic E-state index is 0.184.